The Bertz CT molecular complexity index is 678. The van der Waals surface area contributed by atoms with Gasteiger partial charge in [0, 0.05) is 23.8 Å². The van der Waals surface area contributed by atoms with E-state index < -0.39 is 0 Å². The molecule has 1 unspecified atom stereocenters. The van der Waals surface area contributed by atoms with Gasteiger partial charge in [0.15, 0.2) is 5.13 Å². The molecule has 1 aliphatic rings. The molecule has 1 atom stereocenters. The fraction of sp³-hybridized carbons (Fsp3) is 0.444. The van der Waals surface area contributed by atoms with Crippen LogP contribution in [0.25, 0.3) is 0 Å². The van der Waals surface area contributed by atoms with Crippen LogP contribution >= 0.6 is 23.7 Å². The van der Waals surface area contributed by atoms with Crippen molar-refractivity contribution in [2.45, 2.75) is 45.6 Å². The molecule has 1 saturated heterocycles. The number of nitrogens with zero attached hydrogens (tertiary/aromatic N) is 1. The molecule has 1 aromatic heterocycles. The number of aromatic nitrogens is 1. The first kappa shape index (κ1) is 18.9. The molecule has 0 aliphatic carbocycles. The Balaban J connectivity index is 0.00000208. The second-order valence-electron chi connectivity index (χ2n) is 6.24. The molecule has 1 fully saturated rings. The molecule has 130 valence electrons. The number of hydrogen-bond donors (Lipinski definition) is 2. The second-order valence-corrected chi connectivity index (χ2v) is 7.32. The molecule has 0 saturated carbocycles. The molecule has 1 aromatic carbocycles. The predicted octanol–water partition coefficient (Wildman–Crippen LogP) is 3.85. The maximum absolute atomic E-state index is 12.1. The lowest BCUT2D eigenvalue weighted by atomic mass is 10.1. The van der Waals surface area contributed by atoms with Crippen LogP contribution in [0.4, 0.5) is 5.13 Å². The van der Waals surface area contributed by atoms with E-state index >= 15 is 0 Å². The molecule has 3 rings (SSSR count). The second kappa shape index (κ2) is 8.60. The number of nitrogens with one attached hydrogen (secondary N) is 2. The Hall–Kier alpha value is -1.43. The zero-order chi connectivity index (χ0) is 16.2. The predicted molar refractivity (Wildman–Crippen MR) is 102 cm³/mol. The van der Waals surface area contributed by atoms with Crippen LogP contribution in [-0.4, -0.2) is 23.5 Å². The van der Waals surface area contributed by atoms with E-state index in [1.54, 1.807) is 11.3 Å². The summed E-state index contributed by atoms with van der Waals surface area (Å²) in [5.41, 5.74) is 3.54. The number of carbonyl (C=O) groups excluding carboxylic acids is 1. The van der Waals surface area contributed by atoms with E-state index in [9.17, 15) is 4.79 Å². The Morgan fingerprint density at radius 1 is 1.33 bits per heavy atom. The van der Waals surface area contributed by atoms with Crippen LogP contribution in [0, 0.1) is 13.8 Å². The van der Waals surface area contributed by atoms with Crippen LogP contribution in [0.2, 0.25) is 0 Å². The lowest BCUT2D eigenvalue weighted by molar-refractivity contribution is -0.116. The van der Waals surface area contributed by atoms with E-state index in [2.05, 4.69) is 46.8 Å². The summed E-state index contributed by atoms with van der Waals surface area (Å²) in [6, 6.07) is 8.88. The average Bonchev–Trinajstić information content (AvgIpc) is 3.12. The summed E-state index contributed by atoms with van der Waals surface area (Å²) in [4.78, 5) is 17.8. The van der Waals surface area contributed by atoms with Gasteiger partial charge in [-0.3, -0.25) is 4.79 Å². The number of amides is 1. The summed E-state index contributed by atoms with van der Waals surface area (Å²) in [5, 5.41) is 7.02. The third-order valence-corrected chi connectivity index (χ3v) is 5.29. The van der Waals surface area contributed by atoms with Crippen molar-refractivity contribution in [2.24, 2.45) is 0 Å². The van der Waals surface area contributed by atoms with Crippen LogP contribution in [-0.2, 0) is 11.2 Å². The van der Waals surface area contributed by atoms with Gasteiger partial charge < -0.3 is 10.6 Å². The molecule has 1 amide bonds. The van der Waals surface area contributed by atoms with Crippen LogP contribution in [0.3, 0.4) is 0 Å². The van der Waals surface area contributed by atoms with E-state index in [-0.39, 0.29) is 18.3 Å². The Kier molecular flexibility index (Phi) is 6.78. The fourth-order valence-corrected chi connectivity index (χ4v) is 3.87. The molecule has 0 bridgehead atoms. The summed E-state index contributed by atoms with van der Waals surface area (Å²) < 4.78 is 0. The number of hydrogen-bond acceptors (Lipinski definition) is 4. The SMILES string of the molecule is Cc1ccc(Cc2sc(NC(=O)CC3CCCN3)nc2C)cc1.Cl. The van der Waals surface area contributed by atoms with Crippen LogP contribution in [0.15, 0.2) is 24.3 Å². The minimum Gasteiger partial charge on any atom is -0.313 e. The number of thiazole rings is 1. The zero-order valence-corrected chi connectivity index (χ0v) is 15.7. The summed E-state index contributed by atoms with van der Waals surface area (Å²) >= 11 is 1.58. The molecule has 1 aliphatic heterocycles. The average molecular weight is 366 g/mol. The van der Waals surface area contributed by atoms with Crippen LogP contribution in [0.5, 0.6) is 0 Å². The van der Waals surface area contributed by atoms with Gasteiger partial charge in [-0.05, 0) is 38.8 Å². The standard InChI is InChI=1S/C18H23N3OS.ClH/c1-12-5-7-14(8-6-12)10-16-13(2)20-18(23-16)21-17(22)11-15-4-3-9-19-15;/h5-8,15,19H,3-4,9-11H2,1-2H3,(H,20,21,22);1H. The largest absolute Gasteiger partial charge is 0.313 e. The Morgan fingerprint density at radius 2 is 2.08 bits per heavy atom. The molecular formula is C18H24ClN3OS. The summed E-state index contributed by atoms with van der Waals surface area (Å²) in [6.07, 6.45) is 3.65. The monoisotopic (exact) mass is 365 g/mol. The third kappa shape index (κ3) is 5.03. The van der Waals surface area contributed by atoms with Crippen molar-refractivity contribution in [2.75, 3.05) is 11.9 Å². The molecule has 0 spiro atoms. The molecule has 2 N–H and O–H groups in total. The smallest absolute Gasteiger partial charge is 0.227 e. The maximum Gasteiger partial charge on any atom is 0.227 e. The van der Waals surface area contributed by atoms with E-state index in [1.165, 1.54) is 16.0 Å². The minimum atomic E-state index is 0. The van der Waals surface area contributed by atoms with E-state index in [0.717, 1.165) is 31.5 Å². The molecule has 6 heteroatoms. The zero-order valence-electron chi connectivity index (χ0n) is 14.1. The topological polar surface area (TPSA) is 54.0 Å². The number of halogens is 1. The Morgan fingerprint density at radius 3 is 2.75 bits per heavy atom. The minimum absolute atomic E-state index is 0. The van der Waals surface area contributed by atoms with Crippen molar-refractivity contribution in [3.05, 3.63) is 46.0 Å². The van der Waals surface area contributed by atoms with E-state index in [0.29, 0.717) is 17.6 Å². The number of anilines is 1. The highest BCUT2D eigenvalue weighted by Crippen LogP contribution is 2.25. The van der Waals surface area contributed by atoms with Crippen molar-refractivity contribution in [1.82, 2.24) is 10.3 Å². The first-order chi connectivity index (χ1) is 11.1. The van der Waals surface area contributed by atoms with Crippen molar-refractivity contribution in [3.8, 4) is 0 Å². The maximum atomic E-state index is 12.1. The Labute approximate surface area is 153 Å². The van der Waals surface area contributed by atoms with E-state index in [1.807, 2.05) is 6.92 Å². The van der Waals surface area contributed by atoms with E-state index in [4.69, 9.17) is 0 Å². The van der Waals surface area contributed by atoms with Crippen molar-refractivity contribution >= 4 is 34.8 Å². The normalized spacial score (nSPS) is 16.7. The van der Waals surface area contributed by atoms with Gasteiger partial charge in [-0.25, -0.2) is 4.98 Å². The highest BCUT2D eigenvalue weighted by molar-refractivity contribution is 7.15. The van der Waals surface area contributed by atoms with Gasteiger partial charge in [-0.2, -0.15) is 0 Å². The van der Waals surface area contributed by atoms with Crippen molar-refractivity contribution in [3.63, 3.8) is 0 Å². The van der Waals surface area contributed by atoms with Gasteiger partial charge in [0.2, 0.25) is 5.91 Å². The first-order valence-corrected chi connectivity index (χ1v) is 8.97. The third-order valence-electron chi connectivity index (χ3n) is 4.22. The quantitative estimate of drug-likeness (QED) is 0.846. The van der Waals surface area contributed by atoms with Gasteiger partial charge >= 0.3 is 0 Å². The molecule has 4 nitrogen and oxygen atoms in total. The molecule has 2 heterocycles. The molecule has 24 heavy (non-hydrogen) atoms. The molecule has 2 aromatic rings. The fourth-order valence-electron chi connectivity index (χ4n) is 2.86. The van der Waals surface area contributed by atoms with Crippen LogP contribution < -0.4 is 10.6 Å². The summed E-state index contributed by atoms with van der Waals surface area (Å²) in [7, 11) is 0. The summed E-state index contributed by atoms with van der Waals surface area (Å²) in [6.45, 7) is 5.12. The lowest BCUT2D eigenvalue weighted by Crippen LogP contribution is -2.27. The molecular weight excluding hydrogens is 342 g/mol. The van der Waals surface area contributed by atoms with Gasteiger partial charge in [-0.1, -0.05) is 29.8 Å². The van der Waals surface area contributed by atoms with Crippen molar-refractivity contribution in [1.29, 1.82) is 0 Å². The van der Waals surface area contributed by atoms with Crippen molar-refractivity contribution < 1.29 is 4.79 Å². The number of benzene rings is 1. The van der Waals surface area contributed by atoms with Gasteiger partial charge in [0.25, 0.3) is 0 Å². The molecule has 0 radical (unpaired) electrons. The highest BCUT2D eigenvalue weighted by atomic mass is 35.5. The lowest BCUT2D eigenvalue weighted by Gasteiger charge is -2.08. The summed E-state index contributed by atoms with van der Waals surface area (Å²) in [5.74, 6) is 0.0556. The number of aryl methyl sites for hydroxylation is 2. The van der Waals surface area contributed by atoms with Gasteiger partial charge in [0.05, 0.1) is 5.69 Å². The van der Waals surface area contributed by atoms with Gasteiger partial charge in [0.1, 0.15) is 0 Å². The first-order valence-electron chi connectivity index (χ1n) is 8.15. The number of carbonyl (C=O) groups is 1. The van der Waals surface area contributed by atoms with Gasteiger partial charge in [-0.15, -0.1) is 23.7 Å². The van der Waals surface area contributed by atoms with Crippen LogP contribution in [0.1, 0.15) is 41.0 Å². The highest BCUT2D eigenvalue weighted by Gasteiger charge is 2.18. The number of rotatable bonds is 5.